The summed E-state index contributed by atoms with van der Waals surface area (Å²) in [5.74, 6) is 0.836. The van der Waals surface area contributed by atoms with E-state index in [0.29, 0.717) is 24.7 Å². The number of imidazole rings is 1. The lowest BCUT2D eigenvalue weighted by Gasteiger charge is -2.28. The lowest BCUT2D eigenvalue weighted by atomic mass is 10.2. The number of benzene rings is 1. The van der Waals surface area contributed by atoms with E-state index in [1.807, 2.05) is 28.8 Å². The van der Waals surface area contributed by atoms with E-state index in [1.54, 1.807) is 17.8 Å². The number of anilines is 3. The molecular weight excluding hydrogens is 416 g/mol. The van der Waals surface area contributed by atoms with E-state index in [0.717, 1.165) is 42.6 Å². The third kappa shape index (κ3) is 3.80. The molecule has 9 nitrogen and oxygen atoms in total. The fourth-order valence-corrected chi connectivity index (χ4v) is 5.74. The lowest BCUT2D eigenvalue weighted by molar-refractivity contribution is 0.506. The van der Waals surface area contributed by atoms with Crippen LogP contribution in [0.2, 0.25) is 0 Å². The number of fused-ring (bicyclic) bond motifs is 1. The lowest BCUT2D eigenvalue weighted by Crippen LogP contribution is -2.40. The minimum atomic E-state index is -2.90. The fraction of sp³-hybridized carbons (Fsp3) is 0.476. The number of aromatic nitrogens is 4. The first kappa shape index (κ1) is 20.0. The molecular formula is C21H26N6O3S. The van der Waals surface area contributed by atoms with Crippen molar-refractivity contribution in [2.24, 2.45) is 7.05 Å². The SMILES string of the molecule is Cn1c(=O)n(C2CCCC2)c2nc(Nc3ccc(N4CCS(=O)(=O)CC4)cc3)ncc21. The summed E-state index contributed by atoms with van der Waals surface area (Å²) in [4.78, 5) is 23.9. The zero-order valence-electron chi connectivity index (χ0n) is 17.5. The van der Waals surface area contributed by atoms with Crippen molar-refractivity contribution < 1.29 is 8.42 Å². The standard InChI is InChI=1S/C21H26N6O3S/c1-25-18-14-22-20(24-19(18)27(21(25)28)17-4-2-3-5-17)23-15-6-8-16(9-7-15)26-10-12-31(29,30)13-11-26/h6-9,14,17H,2-5,10-13H2,1H3,(H,22,23,24). The third-order valence-electron chi connectivity index (χ3n) is 6.36. The molecule has 31 heavy (non-hydrogen) atoms. The quantitative estimate of drug-likeness (QED) is 0.661. The average Bonchev–Trinajstić information content (AvgIpc) is 3.36. The predicted molar refractivity (Wildman–Crippen MR) is 121 cm³/mol. The molecule has 1 saturated carbocycles. The van der Waals surface area contributed by atoms with Gasteiger partial charge < -0.3 is 10.2 Å². The molecule has 1 N–H and O–H groups in total. The molecule has 10 heteroatoms. The summed E-state index contributed by atoms with van der Waals surface area (Å²) in [5.41, 5.74) is 3.19. The van der Waals surface area contributed by atoms with E-state index in [4.69, 9.17) is 0 Å². The molecule has 1 saturated heterocycles. The van der Waals surface area contributed by atoms with E-state index in [2.05, 4.69) is 20.2 Å². The highest BCUT2D eigenvalue weighted by Crippen LogP contribution is 2.31. The molecule has 0 spiro atoms. The van der Waals surface area contributed by atoms with Gasteiger partial charge in [0.25, 0.3) is 0 Å². The minimum Gasteiger partial charge on any atom is -0.369 e. The van der Waals surface area contributed by atoms with Gasteiger partial charge in [-0.1, -0.05) is 12.8 Å². The van der Waals surface area contributed by atoms with Crippen molar-refractivity contribution in [1.29, 1.82) is 0 Å². The molecule has 0 amide bonds. The van der Waals surface area contributed by atoms with Gasteiger partial charge in [0.15, 0.2) is 15.5 Å². The number of rotatable bonds is 4. The molecule has 2 aromatic heterocycles. The molecule has 0 radical (unpaired) electrons. The van der Waals surface area contributed by atoms with Crippen LogP contribution in [0.3, 0.4) is 0 Å². The van der Waals surface area contributed by atoms with Crippen molar-refractivity contribution in [3.63, 3.8) is 0 Å². The molecule has 1 aromatic carbocycles. The maximum Gasteiger partial charge on any atom is 0.330 e. The average molecular weight is 443 g/mol. The Bertz CT molecular complexity index is 1260. The van der Waals surface area contributed by atoms with Gasteiger partial charge >= 0.3 is 5.69 Å². The van der Waals surface area contributed by atoms with Crippen LogP contribution in [0.4, 0.5) is 17.3 Å². The summed E-state index contributed by atoms with van der Waals surface area (Å²) in [5, 5.41) is 3.22. The van der Waals surface area contributed by atoms with Crippen LogP contribution in [0.15, 0.2) is 35.3 Å². The van der Waals surface area contributed by atoms with Crippen molar-refractivity contribution in [2.75, 3.05) is 34.8 Å². The molecule has 1 aliphatic carbocycles. The second kappa shape index (κ2) is 7.67. The van der Waals surface area contributed by atoms with Gasteiger partial charge in [0, 0.05) is 37.6 Å². The maximum absolute atomic E-state index is 12.8. The minimum absolute atomic E-state index is 0.0405. The maximum atomic E-state index is 12.8. The Morgan fingerprint density at radius 3 is 2.42 bits per heavy atom. The highest BCUT2D eigenvalue weighted by molar-refractivity contribution is 7.91. The number of hydrogen-bond donors (Lipinski definition) is 1. The van der Waals surface area contributed by atoms with E-state index >= 15 is 0 Å². The van der Waals surface area contributed by atoms with Crippen LogP contribution >= 0.6 is 0 Å². The van der Waals surface area contributed by atoms with Crippen molar-refractivity contribution in [2.45, 2.75) is 31.7 Å². The molecule has 2 aliphatic rings. The van der Waals surface area contributed by atoms with Gasteiger partial charge in [-0.2, -0.15) is 4.98 Å². The van der Waals surface area contributed by atoms with E-state index in [-0.39, 0.29) is 23.2 Å². The molecule has 0 atom stereocenters. The Morgan fingerprint density at radius 1 is 1.06 bits per heavy atom. The summed E-state index contributed by atoms with van der Waals surface area (Å²) in [6, 6.07) is 8.00. The zero-order valence-corrected chi connectivity index (χ0v) is 18.3. The molecule has 0 unspecified atom stereocenters. The molecule has 5 rings (SSSR count). The molecule has 2 fully saturated rings. The van der Waals surface area contributed by atoms with Gasteiger partial charge in [0.2, 0.25) is 5.95 Å². The molecule has 164 valence electrons. The Balaban J connectivity index is 1.38. The molecule has 1 aliphatic heterocycles. The smallest absolute Gasteiger partial charge is 0.330 e. The highest BCUT2D eigenvalue weighted by atomic mass is 32.2. The first-order valence-corrected chi connectivity index (χ1v) is 12.5. The van der Waals surface area contributed by atoms with E-state index in [1.165, 1.54) is 0 Å². The monoisotopic (exact) mass is 442 g/mol. The number of nitrogens with zero attached hydrogens (tertiary/aromatic N) is 5. The zero-order chi connectivity index (χ0) is 21.6. The summed E-state index contributed by atoms with van der Waals surface area (Å²) in [7, 11) is -1.14. The third-order valence-corrected chi connectivity index (χ3v) is 7.96. The second-order valence-electron chi connectivity index (χ2n) is 8.36. The van der Waals surface area contributed by atoms with Crippen LogP contribution < -0.4 is 15.9 Å². The van der Waals surface area contributed by atoms with Crippen LogP contribution in [0.25, 0.3) is 11.2 Å². The van der Waals surface area contributed by atoms with Crippen LogP contribution in [-0.4, -0.2) is 52.1 Å². The summed E-state index contributed by atoms with van der Waals surface area (Å²) in [6.45, 7) is 1.03. The van der Waals surface area contributed by atoms with Crippen LogP contribution in [-0.2, 0) is 16.9 Å². The molecule has 3 heterocycles. The van der Waals surface area contributed by atoms with Crippen molar-refractivity contribution in [3.8, 4) is 0 Å². The number of nitrogens with one attached hydrogen (secondary N) is 1. The van der Waals surface area contributed by atoms with Gasteiger partial charge in [-0.25, -0.2) is 18.2 Å². The Hall–Kier alpha value is -2.88. The highest BCUT2D eigenvalue weighted by Gasteiger charge is 2.24. The topological polar surface area (TPSA) is 102 Å². The van der Waals surface area contributed by atoms with E-state index < -0.39 is 9.84 Å². The summed E-state index contributed by atoms with van der Waals surface area (Å²) < 4.78 is 26.7. The fourth-order valence-electron chi connectivity index (χ4n) is 4.54. The van der Waals surface area contributed by atoms with Gasteiger partial charge in [-0.3, -0.25) is 9.13 Å². The summed E-state index contributed by atoms with van der Waals surface area (Å²) >= 11 is 0. The first-order valence-electron chi connectivity index (χ1n) is 10.7. The van der Waals surface area contributed by atoms with Crippen molar-refractivity contribution >= 4 is 38.3 Å². The Kier molecular flexibility index (Phi) is 4.96. The number of sulfone groups is 1. The number of hydrogen-bond acceptors (Lipinski definition) is 7. The Morgan fingerprint density at radius 2 is 1.74 bits per heavy atom. The van der Waals surface area contributed by atoms with Crippen molar-refractivity contribution in [3.05, 3.63) is 40.9 Å². The van der Waals surface area contributed by atoms with Gasteiger partial charge in [0.05, 0.1) is 17.7 Å². The number of aryl methyl sites for hydroxylation is 1. The first-order chi connectivity index (χ1) is 14.9. The van der Waals surface area contributed by atoms with E-state index in [9.17, 15) is 13.2 Å². The van der Waals surface area contributed by atoms with Crippen LogP contribution in [0, 0.1) is 0 Å². The predicted octanol–water partition coefficient (Wildman–Crippen LogP) is 2.22. The normalized spacial score (nSPS) is 19.2. The van der Waals surface area contributed by atoms with Crippen LogP contribution in [0.5, 0.6) is 0 Å². The molecule has 0 bridgehead atoms. The van der Waals surface area contributed by atoms with Crippen LogP contribution in [0.1, 0.15) is 31.7 Å². The van der Waals surface area contributed by atoms with Gasteiger partial charge in [-0.15, -0.1) is 0 Å². The van der Waals surface area contributed by atoms with Gasteiger partial charge in [-0.05, 0) is 37.1 Å². The Labute approximate surface area is 180 Å². The van der Waals surface area contributed by atoms with Crippen molar-refractivity contribution in [1.82, 2.24) is 19.1 Å². The van der Waals surface area contributed by atoms with Gasteiger partial charge in [0.1, 0.15) is 5.52 Å². The largest absolute Gasteiger partial charge is 0.369 e. The second-order valence-corrected chi connectivity index (χ2v) is 10.7. The summed E-state index contributed by atoms with van der Waals surface area (Å²) in [6.07, 6.45) is 5.98. The molecule has 3 aromatic rings.